The molecular formula is C14H22N2O. The summed E-state index contributed by atoms with van der Waals surface area (Å²) in [5.41, 5.74) is 2.41. The van der Waals surface area contributed by atoms with Gasteiger partial charge in [0.1, 0.15) is 5.75 Å². The highest BCUT2D eigenvalue weighted by Crippen LogP contribution is 2.29. The second-order valence-electron chi connectivity index (χ2n) is 5.15. The second-order valence-corrected chi connectivity index (χ2v) is 5.15. The molecule has 1 aromatic rings. The number of nitrogens with zero attached hydrogens (tertiary/aromatic N) is 1. The van der Waals surface area contributed by atoms with Crippen molar-refractivity contribution < 1.29 is 5.11 Å². The van der Waals surface area contributed by atoms with Gasteiger partial charge in [-0.25, -0.2) is 0 Å². The number of phenolic OH excluding ortho intramolecular Hbond substituents is 1. The number of rotatable bonds is 3. The van der Waals surface area contributed by atoms with E-state index < -0.39 is 0 Å². The van der Waals surface area contributed by atoms with Crippen LogP contribution in [0.2, 0.25) is 0 Å². The smallest absolute Gasteiger partial charge is 0.120 e. The number of hydrogen-bond acceptors (Lipinski definition) is 3. The maximum Gasteiger partial charge on any atom is 0.120 e. The Bertz CT molecular complexity index is 370. The Hall–Kier alpha value is -1.06. The van der Waals surface area contributed by atoms with Crippen LogP contribution < -0.4 is 5.32 Å². The molecule has 0 bridgehead atoms. The summed E-state index contributed by atoms with van der Waals surface area (Å²) in [6.07, 6.45) is 2.40. The largest absolute Gasteiger partial charge is 0.508 e. The minimum atomic E-state index is 0.413. The van der Waals surface area contributed by atoms with Gasteiger partial charge in [0.25, 0.3) is 0 Å². The van der Waals surface area contributed by atoms with E-state index in [1.54, 1.807) is 0 Å². The maximum atomic E-state index is 9.84. The molecule has 1 heterocycles. The topological polar surface area (TPSA) is 35.5 Å². The van der Waals surface area contributed by atoms with Crippen LogP contribution in [0.4, 0.5) is 0 Å². The van der Waals surface area contributed by atoms with Gasteiger partial charge in [0, 0.05) is 12.1 Å². The Kier molecular flexibility index (Phi) is 4.02. The van der Waals surface area contributed by atoms with Gasteiger partial charge in [-0.3, -0.25) is 0 Å². The fourth-order valence-corrected chi connectivity index (χ4v) is 2.48. The van der Waals surface area contributed by atoms with Crippen molar-refractivity contribution in [2.24, 2.45) is 0 Å². The number of aromatic hydroxyl groups is 1. The molecule has 1 aliphatic rings. The zero-order valence-corrected chi connectivity index (χ0v) is 10.7. The lowest BCUT2D eigenvalue weighted by molar-refractivity contribution is 0.384. The van der Waals surface area contributed by atoms with Crippen LogP contribution in [0.15, 0.2) is 18.2 Å². The van der Waals surface area contributed by atoms with Crippen molar-refractivity contribution in [3.63, 3.8) is 0 Å². The lowest BCUT2D eigenvalue weighted by atomic mass is 9.89. The molecule has 1 aromatic carbocycles. The molecule has 0 atom stereocenters. The van der Waals surface area contributed by atoms with Crippen LogP contribution >= 0.6 is 0 Å². The van der Waals surface area contributed by atoms with Gasteiger partial charge >= 0.3 is 0 Å². The minimum Gasteiger partial charge on any atom is -0.508 e. The highest BCUT2D eigenvalue weighted by molar-refractivity contribution is 5.37. The molecule has 0 amide bonds. The van der Waals surface area contributed by atoms with Crippen LogP contribution in [-0.2, 0) is 6.54 Å². The molecule has 2 N–H and O–H groups in total. The summed E-state index contributed by atoms with van der Waals surface area (Å²) < 4.78 is 0. The molecule has 0 aliphatic carbocycles. The van der Waals surface area contributed by atoms with Crippen molar-refractivity contribution >= 4 is 0 Å². The number of nitrogens with one attached hydrogen (secondary N) is 1. The summed E-state index contributed by atoms with van der Waals surface area (Å²) in [6.45, 7) is 3.01. The number of piperidine rings is 1. The Morgan fingerprint density at radius 2 is 2.00 bits per heavy atom. The van der Waals surface area contributed by atoms with E-state index in [2.05, 4.69) is 22.3 Å². The molecule has 1 aliphatic heterocycles. The Balaban J connectivity index is 2.17. The van der Waals surface area contributed by atoms with Crippen LogP contribution in [0.1, 0.15) is 29.9 Å². The fourth-order valence-electron chi connectivity index (χ4n) is 2.48. The Morgan fingerprint density at radius 3 is 2.65 bits per heavy atom. The van der Waals surface area contributed by atoms with Crippen molar-refractivity contribution in [2.45, 2.75) is 25.3 Å². The average molecular weight is 234 g/mol. The van der Waals surface area contributed by atoms with Gasteiger partial charge in [-0.1, -0.05) is 12.1 Å². The van der Waals surface area contributed by atoms with Crippen LogP contribution in [0, 0.1) is 0 Å². The molecule has 3 nitrogen and oxygen atoms in total. The first-order valence-corrected chi connectivity index (χ1v) is 6.34. The molecule has 1 saturated heterocycles. The normalized spacial score (nSPS) is 17.6. The van der Waals surface area contributed by atoms with E-state index in [1.807, 2.05) is 20.2 Å². The van der Waals surface area contributed by atoms with Crippen molar-refractivity contribution in [3.05, 3.63) is 29.3 Å². The zero-order chi connectivity index (χ0) is 12.3. The van der Waals surface area contributed by atoms with Crippen molar-refractivity contribution in [3.8, 4) is 5.75 Å². The molecule has 0 radical (unpaired) electrons. The maximum absolute atomic E-state index is 9.84. The van der Waals surface area contributed by atoms with Gasteiger partial charge in [-0.05, 0) is 57.6 Å². The summed E-state index contributed by atoms with van der Waals surface area (Å²) in [5.74, 6) is 1.06. The molecule has 3 heteroatoms. The molecule has 0 saturated carbocycles. The van der Waals surface area contributed by atoms with Crippen LogP contribution in [0.3, 0.4) is 0 Å². The van der Waals surface area contributed by atoms with Gasteiger partial charge in [-0.15, -0.1) is 0 Å². The fraction of sp³-hybridized carbons (Fsp3) is 0.571. The summed E-state index contributed by atoms with van der Waals surface area (Å²) in [4.78, 5) is 2.08. The molecule has 17 heavy (non-hydrogen) atoms. The van der Waals surface area contributed by atoms with E-state index >= 15 is 0 Å². The molecule has 0 spiro atoms. The Labute approximate surface area is 103 Å². The quantitative estimate of drug-likeness (QED) is 0.838. The van der Waals surface area contributed by atoms with Crippen molar-refractivity contribution in [2.75, 3.05) is 27.2 Å². The molecular weight excluding hydrogens is 212 g/mol. The highest BCUT2D eigenvalue weighted by atomic mass is 16.3. The van der Waals surface area contributed by atoms with E-state index in [4.69, 9.17) is 0 Å². The third-order valence-electron chi connectivity index (χ3n) is 3.40. The van der Waals surface area contributed by atoms with Crippen molar-refractivity contribution in [1.82, 2.24) is 10.2 Å². The third kappa shape index (κ3) is 3.20. The summed E-state index contributed by atoms with van der Waals surface area (Å²) >= 11 is 0. The lowest BCUT2D eigenvalue weighted by Crippen LogP contribution is -2.26. The van der Waals surface area contributed by atoms with Gasteiger partial charge < -0.3 is 15.3 Å². The minimum absolute atomic E-state index is 0.413. The molecule has 0 aromatic heterocycles. The van der Waals surface area contributed by atoms with Gasteiger partial charge in [0.05, 0.1) is 0 Å². The molecule has 2 rings (SSSR count). The lowest BCUT2D eigenvalue weighted by Gasteiger charge is -2.24. The second kappa shape index (κ2) is 5.52. The number of benzene rings is 1. The first-order chi connectivity index (χ1) is 8.16. The van der Waals surface area contributed by atoms with Crippen LogP contribution in [0.5, 0.6) is 5.75 Å². The van der Waals surface area contributed by atoms with Crippen LogP contribution in [0.25, 0.3) is 0 Å². The molecule has 94 valence electrons. The monoisotopic (exact) mass is 234 g/mol. The van der Waals surface area contributed by atoms with Crippen LogP contribution in [-0.4, -0.2) is 37.2 Å². The first-order valence-electron chi connectivity index (χ1n) is 6.34. The molecule has 1 fully saturated rings. The summed E-state index contributed by atoms with van der Waals surface area (Å²) in [5, 5.41) is 13.2. The predicted octanol–water partition coefficient (Wildman–Crippen LogP) is 1.92. The zero-order valence-electron chi connectivity index (χ0n) is 10.7. The number of phenols is 1. The Morgan fingerprint density at radius 1 is 1.29 bits per heavy atom. The van der Waals surface area contributed by atoms with E-state index in [0.717, 1.165) is 25.2 Å². The number of hydrogen-bond donors (Lipinski definition) is 2. The standard InChI is InChI=1S/C14H22N2O/c1-16(2)10-13-9-12(3-4-14(13)17)11-5-7-15-8-6-11/h3-4,9,11,15,17H,5-8,10H2,1-2H3. The van der Waals surface area contributed by atoms with Gasteiger partial charge in [0.15, 0.2) is 0 Å². The van der Waals surface area contributed by atoms with E-state index in [0.29, 0.717) is 11.7 Å². The predicted molar refractivity (Wildman–Crippen MR) is 70.3 cm³/mol. The van der Waals surface area contributed by atoms with Gasteiger partial charge in [0.2, 0.25) is 0 Å². The average Bonchev–Trinajstić information content (AvgIpc) is 2.32. The highest BCUT2D eigenvalue weighted by Gasteiger charge is 2.16. The SMILES string of the molecule is CN(C)Cc1cc(C2CCNCC2)ccc1O. The van der Waals surface area contributed by atoms with E-state index in [9.17, 15) is 5.11 Å². The first kappa shape index (κ1) is 12.4. The van der Waals surface area contributed by atoms with E-state index in [1.165, 1.54) is 18.4 Å². The van der Waals surface area contributed by atoms with Gasteiger partial charge in [-0.2, -0.15) is 0 Å². The molecule has 0 unspecified atom stereocenters. The third-order valence-corrected chi connectivity index (χ3v) is 3.40. The van der Waals surface area contributed by atoms with Crippen molar-refractivity contribution in [1.29, 1.82) is 0 Å². The summed E-state index contributed by atoms with van der Waals surface area (Å²) in [7, 11) is 4.05. The summed E-state index contributed by atoms with van der Waals surface area (Å²) in [6, 6.07) is 6.09. The van der Waals surface area contributed by atoms with E-state index in [-0.39, 0.29) is 0 Å².